The van der Waals surface area contributed by atoms with E-state index < -0.39 is 0 Å². The minimum absolute atomic E-state index is 0.130. The average Bonchev–Trinajstić information content (AvgIpc) is 3.41. The maximum absolute atomic E-state index is 12.5. The van der Waals surface area contributed by atoms with Crippen molar-refractivity contribution < 1.29 is 4.79 Å². The van der Waals surface area contributed by atoms with Crippen molar-refractivity contribution in [3.05, 3.63) is 64.7 Å². The smallest absolute Gasteiger partial charge is 0.234 e. The zero-order valence-corrected chi connectivity index (χ0v) is 19.2. The maximum Gasteiger partial charge on any atom is 0.234 e. The van der Waals surface area contributed by atoms with Gasteiger partial charge in [0.05, 0.1) is 11.4 Å². The second-order valence-electron chi connectivity index (χ2n) is 7.15. The topological polar surface area (TPSA) is 115 Å². The molecule has 8 nitrogen and oxygen atoms in total. The Morgan fingerprint density at radius 2 is 2.00 bits per heavy atom. The molecule has 0 aliphatic heterocycles. The van der Waals surface area contributed by atoms with Crippen molar-refractivity contribution >= 4 is 35.0 Å². The number of H-pyrrole nitrogens is 1. The molecule has 0 atom stereocenters. The summed E-state index contributed by atoms with van der Waals surface area (Å²) in [4.78, 5) is 12.5. The van der Waals surface area contributed by atoms with E-state index >= 15 is 0 Å². The molecule has 2 heterocycles. The van der Waals surface area contributed by atoms with Gasteiger partial charge in [-0.25, -0.2) is 4.68 Å². The molecule has 4 aromatic rings. The third kappa shape index (κ3) is 4.63. The van der Waals surface area contributed by atoms with Gasteiger partial charge in [-0.15, -0.1) is 10.2 Å². The predicted octanol–water partition coefficient (Wildman–Crippen LogP) is 4.30. The van der Waals surface area contributed by atoms with E-state index in [2.05, 4.69) is 32.6 Å². The minimum Gasteiger partial charge on any atom is -0.335 e. The molecule has 32 heavy (non-hydrogen) atoms. The SMILES string of the molecule is CCc1cccc(C)c1NC(=O)CSc1nnc(-c2cc(-c3ccc(Cl)cc3)n[nH]2)n1N. The first-order chi connectivity index (χ1) is 15.5. The van der Waals surface area contributed by atoms with Gasteiger partial charge in [0.1, 0.15) is 5.69 Å². The van der Waals surface area contributed by atoms with Crippen molar-refractivity contribution in [1.29, 1.82) is 0 Å². The van der Waals surface area contributed by atoms with Crippen LogP contribution in [0.1, 0.15) is 18.1 Å². The number of para-hydroxylation sites is 1. The normalized spacial score (nSPS) is 11.0. The summed E-state index contributed by atoms with van der Waals surface area (Å²) in [7, 11) is 0. The number of nitrogens with two attached hydrogens (primary N) is 1. The summed E-state index contributed by atoms with van der Waals surface area (Å²) in [5.41, 5.74) is 5.26. The van der Waals surface area contributed by atoms with Crippen molar-refractivity contribution in [3.63, 3.8) is 0 Å². The number of hydrogen-bond donors (Lipinski definition) is 3. The van der Waals surface area contributed by atoms with Gasteiger partial charge in [0.2, 0.25) is 16.9 Å². The first-order valence-corrected chi connectivity index (χ1v) is 11.4. The second-order valence-corrected chi connectivity index (χ2v) is 8.53. The second kappa shape index (κ2) is 9.46. The molecule has 0 radical (unpaired) electrons. The van der Waals surface area contributed by atoms with Crippen LogP contribution in [0.5, 0.6) is 0 Å². The minimum atomic E-state index is -0.130. The van der Waals surface area contributed by atoms with E-state index in [0.29, 0.717) is 21.7 Å². The number of aromatic nitrogens is 5. The number of halogens is 1. The number of nitrogens with zero attached hydrogens (tertiary/aromatic N) is 4. The average molecular weight is 468 g/mol. The Kier molecular flexibility index (Phi) is 6.48. The monoisotopic (exact) mass is 467 g/mol. The Hall–Kier alpha value is -3.30. The predicted molar refractivity (Wildman–Crippen MR) is 128 cm³/mol. The van der Waals surface area contributed by atoms with E-state index in [0.717, 1.165) is 34.5 Å². The van der Waals surface area contributed by atoms with Gasteiger partial charge >= 0.3 is 0 Å². The van der Waals surface area contributed by atoms with Crippen LogP contribution in [0.15, 0.2) is 53.7 Å². The van der Waals surface area contributed by atoms with Crippen molar-refractivity contribution in [2.45, 2.75) is 25.4 Å². The van der Waals surface area contributed by atoms with Crippen LogP contribution >= 0.6 is 23.4 Å². The summed E-state index contributed by atoms with van der Waals surface area (Å²) in [6.45, 7) is 4.04. The number of nitrogen functional groups attached to an aromatic ring is 1. The maximum atomic E-state index is 12.5. The molecule has 0 saturated carbocycles. The number of carbonyl (C=O) groups is 1. The van der Waals surface area contributed by atoms with Gasteiger partial charge in [-0.1, -0.05) is 60.6 Å². The molecule has 0 bridgehead atoms. The molecule has 0 fully saturated rings. The zero-order valence-electron chi connectivity index (χ0n) is 17.6. The fourth-order valence-corrected chi connectivity index (χ4v) is 4.05. The summed E-state index contributed by atoms with van der Waals surface area (Å²) in [5.74, 6) is 6.64. The molecule has 10 heteroatoms. The Labute approximate surface area is 194 Å². The fourth-order valence-electron chi connectivity index (χ4n) is 3.27. The van der Waals surface area contributed by atoms with Gasteiger partial charge in [0, 0.05) is 16.3 Å². The van der Waals surface area contributed by atoms with Crippen molar-refractivity contribution in [2.24, 2.45) is 0 Å². The molecule has 0 saturated heterocycles. The van der Waals surface area contributed by atoms with Crippen molar-refractivity contribution in [1.82, 2.24) is 25.1 Å². The molecule has 0 aliphatic carbocycles. The lowest BCUT2D eigenvalue weighted by Gasteiger charge is -2.12. The standard InChI is InChI=1S/C22H22ClN7OS/c1-3-14-6-4-5-13(2)20(14)25-19(31)12-32-22-29-28-21(30(22)24)18-11-17(26-27-18)15-7-9-16(23)10-8-15/h4-11H,3,12,24H2,1-2H3,(H,25,31)(H,26,27). The van der Waals surface area contributed by atoms with E-state index in [-0.39, 0.29) is 11.7 Å². The number of hydrogen-bond acceptors (Lipinski definition) is 6. The quantitative estimate of drug-likeness (QED) is 0.275. The number of anilines is 1. The molecule has 2 aromatic heterocycles. The highest BCUT2D eigenvalue weighted by molar-refractivity contribution is 7.99. The zero-order chi connectivity index (χ0) is 22.7. The van der Waals surface area contributed by atoms with Crippen LogP contribution in [0.3, 0.4) is 0 Å². The van der Waals surface area contributed by atoms with Crippen LogP contribution < -0.4 is 11.2 Å². The van der Waals surface area contributed by atoms with Crippen LogP contribution in [0.25, 0.3) is 22.8 Å². The van der Waals surface area contributed by atoms with Gasteiger partial charge in [0.25, 0.3) is 0 Å². The van der Waals surface area contributed by atoms with E-state index in [9.17, 15) is 4.79 Å². The van der Waals surface area contributed by atoms with Gasteiger partial charge < -0.3 is 11.2 Å². The molecule has 4 rings (SSSR count). The Balaban J connectivity index is 1.44. The van der Waals surface area contributed by atoms with E-state index in [1.807, 2.05) is 43.3 Å². The van der Waals surface area contributed by atoms with Crippen LogP contribution in [-0.4, -0.2) is 36.7 Å². The largest absolute Gasteiger partial charge is 0.335 e. The van der Waals surface area contributed by atoms with E-state index in [1.165, 1.54) is 16.4 Å². The number of benzene rings is 2. The van der Waals surface area contributed by atoms with Gasteiger partial charge in [-0.3, -0.25) is 9.89 Å². The first-order valence-electron chi connectivity index (χ1n) is 9.99. The van der Waals surface area contributed by atoms with Crippen LogP contribution in [0, 0.1) is 6.92 Å². The number of thioether (sulfide) groups is 1. The van der Waals surface area contributed by atoms with Gasteiger partial charge in [-0.05, 0) is 42.7 Å². The summed E-state index contributed by atoms with van der Waals surface area (Å²) in [6.07, 6.45) is 0.840. The lowest BCUT2D eigenvalue weighted by Crippen LogP contribution is -2.18. The Bertz CT molecular complexity index is 1250. The first kappa shape index (κ1) is 21.9. The summed E-state index contributed by atoms with van der Waals surface area (Å²) >= 11 is 7.16. The van der Waals surface area contributed by atoms with Crippen molar-refractivity contribution in [3.8, 4) is 22.8 Å². The third-order valence-electron chi connectivity index (χ3n) is 4.96. The summed E-state index contributed by atoms with van der Waals surface area (Å²) in [6, 6.07) is 15.2. The number of aromatic amines is 1. The number of carbonyl (C=O) groups excluding carboxylic acids is 1. The summed E-state index contributed by atoms with van der Waals surface area (Å²) in [5, 5.41) is 19.6. The van der Waals surface area contributed by atoms with Crippen LogP contribution in [-0.2, 0) is 11.2 Å². The Morgan fingerprint density at radius 3 is 2.75 bits per heavy atom. The van der Waals surface area contributed by atoms with Crippen molar-refractivity contribution in [2.75, 3.05) is 16.9 Å². The lowest BCUT2D eigenvalue weighted by atomic mass is 10.1. The Morgan fingerprint density at radius 1 is 1.22 bits per heavy atom. The number of rotatable bonds is 7. The van der Waals surface area contributed by atoms with Gasteiger partial charge in [0.15, 0.2) is 0 Å². The van der Waals surface area contributed by atoms with E-state index in [4.69, 9.17) is 17.4 Å². The van der Waals surface area contributed by atoms with Crippen LogP contribution in [0.4, 0.5) is 5.69 Å². The lowest BCUT2D eigenvalue weighted by molar-refractivity contribution is -0.113. The highest BCUT2D eigenvalue weighted by atomic mass is 35.5. The number of nitrogens with one attached hydrogen (secondary N) is 2. The molecular formula is C22H22ClN7OS. The van der Waals surface area contributed by atoms with Gasteiger partial charge in [-0.2, -0.15) is 5.10 Å². The highest BCUT2D eigenvalue weighted by Crippen LogP contribution is 2.26. The molecule has 4 N–H and O–H groups in total. The highest BCUT2D eigenvalue weighted by Gasteiger charge is 2.17. The molecule has 0 spiro atoms. The molecule has 0 aliphatic rings. The van der Waals surface area contributed by atoms with Crippen LogP contribution in [0.2, 0.25) is 5.02 Å². The molecule has 164 valence electrons. The molecule has 1 amide bonds. The number of aryl methyl sites for hydroxylation is 2. The van der Waals surface area contributed by atoms with E-state index in [1.54, 1.807) is 12.1 Å². The third-order valence-corrected chi connectivity index (χ3v) is 6.16. The molecule has 0 unspecified atom stereocenters. The molecular weight excluding hydrogens is 446 g/mol. The molecule has 2 aromatic carbocycles. The fraction of sp³-hybridized carbons (Fsp3) is 0.182. The number of amides is 1. The summed E-state index contributed by atoms with van der Waals surface area (Å²) < 4.78 is 1.35.